The summed E-state index contributed by atoms with van der Waals surface area (Å²) in [6.07, 6.45) is 3.06. The van der Waals surface area contributed by atoms with Crippen molar-refractivity contribution in [1.29, 1.82) is 0 Å². The summed E-state index contributed by atoms with van der Waals surface area (Å²) < 4.78 is 23.1. The predicted octanol–water partition coefficient (Wildman–Crippen LogP) is 5.44. The van der Waals surface area contributed by atoms with Gasteiger partial charge in [0.2, 0.25) is 6.79 Å². The molecule has 164 valence electrons. The van der Waals surface area contributed by atoms with E-state index in [1.807, 2.05) is 61.5 Å². The monoisotopic (exact) mass is 446 g/mol. The Morgan fingerprint density at radius 2 is 1.72 bits per heavy atom. The van der Waals surface area contributed by atoms with E-state index in [-0.39, 0.29) is 12.6 Å². The van der Waals surface area contributed by atoms with Gasteiger partial charge in [0.15, 0.2) is 11.5 Å². The van der Waals surface area contributed by atoms with Gasteiger partial charge in [-0.2, -0.15) is 0 Å². The van der Waals surface area contributed by atoms with Crippen molar-refractivity contribution in [2.75, 3.05) is 12.5 Å². The number of ketones is 1. The maximum Gasteiger partial charge on any atom is 0.231 e. The average molecular weight is 447 g/mol. The van der Waals surface area contributed by atoms with Crippen LogP contribution in [0.3, 0.4) is 0 Å². The number of hydrogen-bond donors (Lipinski definition) is 0. The van der Waals surface area contributed by atoms with Crippen molar-refractivity contribution in [3.63, 3.8) is 0 Å². The Balaban J connectivity index is 1.33. The molecule has 1 aliphatic heterocycles. The van der Waals surface area contributed by atoms with E-state index in [0.29, 0.717) is 12.2 Å². The molecule has 0 spiro atoms. The summed E-state index contributed by atoms with van der Waals surface area (Å²) in [6, 6.07) is 21.9. The SMILES string of the molecule is CCCS(=O)c1ccc(-c2cccc(CC(=O)C3(c4ccc5c(c4)OCO5)CC3)c2)cc1. The molecule has 1 unspecified atom stereocenters. The van der Waals surface area contributed by atoms with Crippen LogP contribution in [0.15, 0.2) is 71.6 Å². The second-order valence-electron chi connectivity index (χ2n) is 8.52. The lowest BCUT2D eigenvalue weighted by Crippen LogP contribution is -2.22. The Kier molecular flexibility index (Phi) is 5.60. The molecule has 1 saturated carbocycles. The Morgan fingerprint density at radius 3 is 2.47 bits per heavy atom. The third kappa shape index (κ3) is 3.97. The predicted molar refractivity (Wildman–Crippen MR) is 126 cm³/mol. The van der Waals surface area contributed by atoms with Gasteiger partial charge in [-0.1, -0.05) is 49.4 Å². The molecule has 1 atom stereocenters. The standard InChI is InChI=1S/C27H26O4S/c1-2-14-32(29)23-9-6-20(7-10-23)21-5-3-4-19(15-21)16-26(28)27(12-13-27)22-8-11-24-25(17-22)31-18-30-24/h3-11,15,17H,2,12-14,16,18H2,1H3. The van der Waals surface area contributed by atoms with Gasteiger partial charge < -0.3 is 9.47 Å². The first-order valence-electron chi connectivity index (χ1n) is 11.1. The molecule has 0 amide bonds. The third-order valence-electron chi connectivity index (χ3n) is 6.34. The highest BCUT2D eigenvalue weighted by Gasteiger charge is 2.50. The number of ether oxygens (including phenoxy) is 2. The molecule has 5 heteroatoms. The Bertz CT molecular complexity index is 1180. The molecule has 3 aromatic rings. The number of carbonyl (C=O) groups is 1. The molecule has 0 aromatic heterocycles. The molecular formula is C27H26O4S. The summed E-state index contributed by atoms with van der Waals surface area (Å²) in [7, 11) is -0.943. The second kappa shape index (κ2) is 8.55. The third-order valence-corrected chi connectivity index (χ3v) is 7.92. The van der Waals surface area contributed by atoms with Gasteiger partial charge in [0.1, 0.15) is 5.78 Å². The lowest BCUT2D eigenvalue weighted by molar-refractivity contribution is -0.120. The van der Waals surface area contributed by atoms with Crippen molar-refractivity contribution in [3.05, 3.63) is 77.9 Å². The van der Waals surface area contributed by atoms with Crippen molar-refractivity contribution in [2.45, 2.75) is 42.9 Å². The summed E-state index contributed by atoms with van der Waals surface area (Å²) >= 11 is 0. The van der Waals surface area contributed by atoms with Crippen LogP contribution >= 0.6 is 0 Å². The Labute approximate surface area is 191 Å². The molecule has 1 fully saturated rings. The van der Waals surface area contributed by atoms with Crippen molar-refractivity contribution >= 4 is 16.6 Å². The van der Waals surface area contributed by atoms with Gasteiger partial charge >= 0.3 is 0 Å². The lowest BCUT2D eigenvalue weighted by atomic mass is 9.87. The summed E-state index contributed by atoms with van der Waals surface area (Å²) in [5, 5.41) is 0. The molecule has 32 heavy (non-hydrogen) atoms. The zero-order chi connectivity index (χ0) is 22.1. The molecule has 0 saturated heterocycles. The van der Waals surface area contributed by atoms with Crippen molar-refractivity contribution in [2.24, 2.45) is 0 Å². The average Bonchev–Trinajstić information content (AvgIpc) is 3.50. The van der Waals surface area contributed by atoms with Gasteiger partial charge in [-0.15, -0.1) is 0 Å². The molecule has 3 aromatic carbocycles. The maximum absolute atomic E-state index is 13.3. The highest BCUT2D eigenvalue weighted by molar-refractivity contribution is 7.85. The normalized spacial score (nSPS) is 16.5. The summed E-state index contributed by atoms with van der Waals surface area (Å²) in [5.41, 5.74) is 3.77. The van der Waals surface area contributed by atoms with E-state index in [1.165, 1.54) is 0 Å². The molecule has 0 N–H and O–H groups in total. The topological polar surface area (TPSA) is 52.6 Å². The van der Waals surface area contributed by atoms with Crippen LogP contribution in [0.4, 0.5) is 0 Å². The van der Waals surface area contributed by atoms with Crippen LogP contribution in [-0.4, -0.2) is 22.5 Å². The quantitative estimate of drug-likeness (QED) is 0.462. The number of rotatable bonds is 8. The van der Waals surface area contributed by atoms with E-state index in [9.17, 15) is 9.00 Å². The van der Waals surface area contributed by atoms with Gasteiger partial charge in [-0.05, 0) is 65.8 Å². The highest BCUT2D eigenvalue weighted by atomic mass is 32.2. The number of hydrogen-bond acceptors (Lipinski definition) is 4. The largest absolute Gasteiger partial charge is 0.454 e. The molecule has 0 radical (unpaired) electrons. The van der Waals surface area contributed by atoms with Gasteiger partial charge in [0, 0.05) is 17.1 Å². The molecule has 1 aliphatic carbocycles. The minimum Gasteiger partial charge on any atom is -0.454 e. The van der Waals surface area contributed by atoms with Crippen LogP contribution in [-0.2, 0) is 27.4 Å². The van der Waals surface area contributed by atoms with E-state index in [2.05, 4.69) is 12.1 Å². The van der Waals surface area contributed by atoms with E-state index in [1.54, 1.807) is 0 Å². The smallest absolute Gasteiger partial charge is 0.231 e. The summed E-state index contributed by atoms with van der Waals surface area (Å²) in [5.74, 6) is 2.40. The number of carbonyl (C=O) groups excluding carboxylic acids is 1. The first kappa shape index (κ1) is 21.0. The molecule has 0 bridgehead atoms. The minimum atomic E-state index is -0.943. The maximum atomic E-state index is 13.3. The van der Waals surface area contributed by atoms with E-state index in [0.717, 1.165) is 57.9 Å². The first-order valence-corrected chi connectivity index (χ1v) is 12.4. The van der Waals surface area contributed by atoms with E-state index in [4.69, 9.17) is 9.47 Å². The molecular weight excluding hydrogens is 420 g/mol. The fourth-order valence-electron chi connectivity index (χ4n) is 4.37. The van der Waals surface area contributed by atoms with Crippen molar-refractivity contribution in [1.82, 2.24) is 0 Å². The number of benzene rings is 3. The molecule has 4 nitrogen and oxygen atoms in total. The lowest BCUT2D eigenvalue weighted by Gasteiger charge is -2.15. The van der Waals surface area contributed by atoms with Gasteiger partial charge in [0.05, 0.1) is 16.2 Å². The van der Waals surface area contributed by atoms with E-state index >= 15 is 0 Å². The van der Waals surface area contributed by atoms with Crippen LogP contribution in [0, 0.1) is 0 Å². The van der Waals surface area contributed by atoms with E-state index < -0.39 is 16.2 Å². The van der Waals surface area contributed by atoms with Crippen molar-refractivity contribution < 1.29 is 18.5 Å². The van der Waals surface area contributed by atoms with Gasteiger partial charge in [-0.3, -0.25) is 9.00 Å². The number of fused-ring (bicyclic) bond motifs is 1. The van der Waals surface area contributed by atoms with Gasteiger partial charge in [0.25, 0.3) is 0 Å². The molecule has 1 heterocycles. The summed E-state index contributed by atoms with van der Waals surface area (Å²) in [4.78, 5) is 14.2. The minimum absolute atomic E-state index is 0.238. The second-order valence-corrected chi connectivity index (χ2v) is 10.1. The summed E-state index contributed by atoms with van der Waals surface area (Å²) in [6.45, 7) is 2.28. The molecule has 5 rings (SSSR count). The highest BCUT2D eigenvalue weighted by Crippen LogP contribution is 2.51. The Hall–Kier alpha value is -2.92. The zero-order valence-corrected chi connectivity index (χ0v) is 19.0. The molecule has 2 aliphatic rings. The fraction of sp³-hybridized carbons (Fsp3) is 0.296. The number of Topliss-reactive ketones (excluding diaryl/α,β-unsaturated/α-hetero) is 1. The Morgan fingerprint density at radius 1 is 0.938 bits per heavy atom. The van der Waals surface area contributed by atoms with Crippen molar-refractivity contribution in [3.8, 4) is 22.6 Å². The van der Waals surface area contributed by atoms with Crippen LogP contribution < -0.4 is 9.47 Å². The van der Waals surface area contributed by atoms with Crippen LogP contribution in [0.25, 0.3) is 11.1 Å². The van der Waals surface area contributed by atoms with Gasteiger partial charge in [-0.25, -0.2) is 0 Å². The fourth-order valence-corrected chi connectivity index (χ4v) is 5.41. The van der Waals surface area contributed by atoms with Crippen LogP contribution in [0.5, 0.6) is 11.5 Å². The zero-order valence-electron chi connectivity index (χ0n) is 18.1. The van der Waals surface area contributed by atoms with Crippen LogP contribution in [0.2, 0.25) is 0 Å². The first-order chi connectivity index (χ1) is 15.6. The van der Waals surface area contributed by atoms with Crippen LogP contribution in [0.1, 0.15) is 37.3 Å².